The second-order valence-corrected chi connectivity index (χ2v) is 6.37. The van der Waals surface area contributed by atoms with Crippen LogP contribution in [0, 0.1) is 0 Å². The molecule has 0 heterocycles. The smallest absolute Gasteiger partial charge is 0.239 e. The lowest BCUT2D eigenvalue weighted by Gasteiger charge is -2.20. The zero-order valence-corrected chi connectivity index (χ0v) is 14.7. The van der Waals surface area contributed by atoms with Crippen LogP contribution in [0.25, 0.3) is 0 Å². The van der Waals surface area contributed by atoms with Gasteiger partial charge in [0.25, 0.3) is 0 Å². The Hall–Kier alpha value is -1.20. The van der Waals surface area contributed by atoms with Crippen LogP contribution in [0.5, 0.6) is 0 Å². The van der Waals surface area contributed by atoms with Gasteiger partial charge in [0.1, 0.15) is 0 Å². The van der Waals surface area contributed by atoms with E-state index in [0.29, 0.717) is 19.5 Å². The van der Waals surface area contributed by atoms with Gasteiger partial charge in [0.2, 0.25) is 11.8 Å². The zero-order valence-electron chi connectivity index (χ0n) is 13.1. The molecule has 2 amide bonds. The highest BCUT2D eigenvalue weighted by Gasteiger charge is 2.14. The number of hydrogen-bond donors (Lipinski definition) is 1. The molecule has 0 radical (unpaired) electrons. The number of amides is 2. The molecule has 0 aliphatic carbocycles. The maximum absolute atomic E-state index is 12.1. The van der Waals surface area contributed by atoms with Gasteiger partial charge in [0, 0.05) is 29.4 Å². The fourth-order valence-corrected chi connectivity index (χ4v) is 2.88. The quantitative estimate of drug-likeness (QED) is 0.554. The molecule has 0 spiro atoms. The molecule has 1 N–H and O–H groups in total. The summed E-state index contributed by atoms with van der Waals surface area (Å²) in [6.45, 7) is 5.04. The van der Waals surface area contributed by atoms with Crippen molar-refractivity contribution in [3.05, 3.63) is 29.3 Å². The van der Waals surface area contributed by atoms with E-state index in [9.17, 15) is 9.59 Å². The van der Waals surface area contributed by atoms with Crippen molar-refractivity contribution in [3.8, 4) is 0 Å². The van der Waals surface area contributed by atoms with Crippen LogP contribution in [0.3, 0.4) is 0 Å². The molecule has 0 saturated heterocycles. The fourth-order valence-electron chi connectivity index (χ4n) is 1.91. The molecule has 6 heteroatoms. The number of hydrogen-bond acceptors (Lipinski definition) is 3. The molecule has 0 saturated carbocycles. The number of halogens is 1. The van der Waals surface area contributed by atoms with Crippen LogP contribution in [0.4, 0.5) is 0 Å². The summed E-state index contributed by atoms with van der Waals surface area (Å²) in [6, 6.07) is 7.67. The summed E-state index contributed by atoms with van der Waals surface area (Å²) in [5.74, 6) is 0.796. The Labute approximate surface area is 141 Å². The van der Waals surface area contributed by atoms with Crippen molar-refractivity contribution in [2.24, 2.45) is 0 Å². The van der Waals surface area contributed by atoms with E-state index in [4.69, 9.17) is 11.6 Å². The number of benzene rings is 1. The molecule has 4 nitrogen and oxygen atoms in total. The normalized spacial score (nSPS) is 10.3. The maximum Gasteiger partial charge on any atom is 0.239 e. The predicted molar refractivity (Wildman–Crippen MR) is 92.3 cm³/mol. The minimum atomic E-state index is -0.103. The van der Waals surface area contributed by atoms with E-state index in [-0.39, 0.29) is 18.4 Å². The van der Waals surface area contributed by atoms with Crippen molar-refractivity contribution >= 4 is 35.2 Å². The molecule has 1 aromatic rings. The molecule has 22 heavy (non-hydrogen) atoms. The molecule has 1 rings (SSSR count). The zero-order chi connectivity index (χ0) is 16.4. The Bertz CT molecular complexity index is 480. The van der Waals surface area contributed by atoms with Crippen LogP contribution < -0.4 is 5.32 Å². The molecule has 0 bridgehead atoms. The van der Waals surface area contributed by atoms with Crippen LogP contribution in [-0.4, -0.2) is 42.1 Å². The minimum absolute atomic E-state index is 0.0328. The first-order chi connectivity index (χ1) is 10.6. The van der Waals surface area contributed by atoms with Crippen molar-refractivity contribution in [3.63, 3.8) is 0 Å². The lowest BCUT2D eigenvalue weighted by Crippen LogP contribution is -2.40. The van der Waals surface area contributed by atoms with Gasteiger partial charge in [-0.15, -0.1) is 11.8 Å². The highest BCUT2D eigenvalue weighted by atomic mass is 35.5. The second kappa shape index (κ2) is 10.5. The fraction of sp³-hybridized carbons (Fsp3) is 0.500. The van der Waals surface area contributed by atoms with Crippen molar-refractivity contribution in [2.45, 2.75) is 31.6 Å². The van der Waals surface area contributed by atoms with E-state index < -0.39 is 0 Å². The average molecular weight is 343 g/mol. The van der Waals surface area contributed by atoms with Gasteiger partial charge in [-0.2, -0.15) is 0 Å². The highest BCUT2D eigenvalue weighted by molar-refractivity contribution is 7.99. The minimum Gasteiger partial charge on any atom is -0.355 e. The molecule has 122 valence electrons. The first kappa shape index (κ1) is 18.8. The molecule has 0 unspecified atom stereocenters. The Morgan fingerprint density at radius 2 is 1.91 bits per heavy atom. The Kier molecular flexibility index (Phi) is 9.01. The third-order valence-electron chi connectivity index (χ3n) is 3.06. The van der Waals surface area contributed by atoms with Crippen LogP contribution in [-0.2, 0) is 9.59 Å². The second-order valence-electron chi connectivity index (χ2n) is 4.77. The lowest BCUT2D eigenvalue weighted by atomic mass is 10.3. The third kappa shape index (κ3) is 7.18. The van der Waals surface area contributed by atoms with Gasteiger partial charge in [0.05, 0.1) is 6.54 Å². The molecular weight excluding hydrogens is 320 g/mol. The number of rotatable bonds is 9. The summed E-state index contributed by atoms with van der Waals surface area (Å²) < 4.78 is 0. The summed E-state index contributed by atoms with van der Waals surface area (Å²) in [6.07, 6.45) is 1.26. The first-order valence-electron chi connectivity index (χ1n) is 7.49. The van der Waals surface area contributed by atoms with Crippen LogP contribution in [0.15, 0.2) is 29.2 Å². The molecule has 0 aliphatic rings. The monoisotopic (exact) mass is 342 g/mol. The van der Waals surface area contributed by atoms with Gasteiger partial charge in [-0.05, 0) is 50.3 Å². The van der Waals surface area contributed by atoms with Crippen LogP contribution in [0.2, 0.25) is 5.02 Å². The number of likely N-dealkylation sites (N-methyl/N-ethyl adjacent to an activating group) is 2. The molecule has 0 aliphatic heterocycles. The summed E-state index contributed by atoms with van der Waals surface area (Å²) in [5, 5.41) is 3.44. The summed E-state index contributed by atoms with van der Waals surface area (Å²) >= 11 is 7.54. The van der Waals surface area contributed by atoms with Crippen LogP contribution >= 0.6 is 23.4 Å². The van der Waals surface area contributed by atoms with Gasteiger partial charge in [0.15, 0.2) is 0 Å². The Morgan fingerprint density at radius 3 is 2.50 bits per heavy atom. The SMILES string of the molecule is CCNC(=O)CN(CC)C(=O)CCCSc1ccc(Cl)cc1. The Balaban J connectivity index is 2.28. The van der Waals surface area contributed by atoms with Crippen LogP contribution in [0.1, 0.15) is 26.7 Å². The standard InChI is InChI=1S/C16H23ClN2O2S/c1-3-18-15(20)12-19(4-2)16(21)6-5-11-22-14-9-7-13(17)8-10-14/h7-10H,3-6,11-12H2,1-2H3,(H,18,20). The van der Waals surface area contributed by atoms with Gasteiger partial charge in [-0.1, -0.05) is 11.6 Å². The molecule has 0 aromatic heterocycles. The summed E-state index contributed by atoms with van der Waals surface area (Å²) in [5.41, 5.74) is 0. The number of thioether (sulfide) groups is 1. The maximum atomic E-state index is 12.1. The topological polar surface area (TPSA) is 49.4 Å². The molecule has 1 aromatic carbocycles. The van der Waals surface area contributed by atoms with E-state index in [1.54, 1.807) is 16.7 Å². The number of nitrogens with zero attached hydrogens (tertiary/aromatic N) is 1. The number of nitrogens with one attached hydrogen (secondary N) is 1. The van der Waals surface area contributed by atoms with Gasteiger partial charge < -0.3 is 10.2 Å². The van der Waals surface area contributed by atoms with E-state index in [1.165, 1.54) is 0 Å². The van der Waals surface area contributed by atoms with Crippen molar-refractivity contribution in [2.75, 3.05) is 25.4 Å². The molecular formula is C16H23ClN2O2S. The van der Waals surface area contributed by atoms with Crippen molar-refractivity contribution in [1.82, 2.24) is 10.2 Å². The number of carbonyl (C=O) groups is 2. The summed E-state index contributed by atoms with van der Waals surface area (Å²) in [4.78, 5) is 26.4. The first-order valence-corrected chi connectivity index (χ1v) is 8.86. The van der Waals surface area contributed by atoms with Gasteiger partial charge in [-0.25, -0.2) is 0 Å². The highest BCUT2D eigenvalue weighted by Crippen LogP contribution is 2.21. The van der Waals surface area contributed by atoms with E-state index in [0.717, 1.165) is 22.1 Å². The molecule has 0 fully saturated rings. The van der Waals surface area contributed by atoms with Gasteiger partial charge >= 0.3 is 0 Å². The average Bonchev–Trinajstić information content (AvgIpc) is 2.51. The predicted octanol–water partition coefficient (Wildman–Crippen LogP) is 3.20. The third-order valence-corrected chi connectivity index (χ3v) is 4.41. The van der Waals surface area contributed by atoms with Crippen molar-refractivity contribution < 1.29 is 9.59 Å². The van der Waals surface area contributed by atoms with Gasteiger partial charge in [-0.3, -0.25) is 9.59 Å². The number of carbonyl (C=O) groups excluding carboxylic acids is 2. The lowest BCUT2D eigenvalue weighted by molar-refractivity contribution is -0.135. The van der Waals surface area contributed by atoms with Crippen molar-refractivity contribution in [1.29, 1.82) is 0 Å². The summed E-state index contributed by atoms with van der Waals surface area (Å²) in [7, 11) is 0. The van der Waals surface area contributed by atoms with E-state index in [2.05, 4.69) is 5.32 Å². The molecule has 0 atom stereocenters. The van der Waals surface area contributed by atoms with E-state index >= 15 is 0 Å². The Morgan fingerprint density at radius 1 is 1.23 bits per heavy atom. The van der Waals surface area contributed by atoms with E-state index in [1.807, 2.05) is 38.1 Å². The largest absolute Gasteiger partial charge is 0.355 e.